The average molecular weight is 378 g/mol. The van der Waals surface area contributed by atoms with Gasteiger partial charge in [-0.3, -0.25) is 0 Å². The molecule has 0 fully saturated rings. The molecule has 0 heterocycles. The van der Waals surface area contributed by atoms with Crippen LogP contribution in [0.15, 0.2) is 51.2 Å². The third-order valence-corrected chi connectivity index (χ3v) is 2.14. The fourth-order valence-electron chi connectivity index (χ4n) is 1.11. The van der Waals surface area contributed by atoms with Crippen LogP contribution in [0.1, 0.15) is 6.92 Å². The van der Waals surface area contributed by atoms with Crippen LogP contribution in [0.25, 0.3) is 0 Å². The third kappa shape index (κ3) is 27.0. The molecule has 0 rings (SSSR count). The van der Waals surface area contributed by atoms with E-state index < -0.39 is 0 Å². The van der Waals surface area contributed by atoms with Gasteiger partial charge < -0.3 is 28.7 Å². The van der Waals surface area contributed by atoms with Crippen LogP contribution in [-0.4, -0.2) is 60.0 Å². The van der Waals surface area contributed by atoms with Gasteiger partial charge >= 0.3 is 0 Å². The highest BCUT2D eigenvalue weighted by Gasteiger charge is 2.07. The maximum Gasteiger partial charge on any atom is 0.163 e. The van der Waals surface area contributed by atoms with Crippen LogP contribution in [0.2, 0.25) is 0 Å². The first kappa shape index (κ1) is 28.9. The van der Waals surface area contributed by atoms with Gasteiger partial charge in [-0.15, -0.1) is 26.3 Å². The van der Waals surface area contributed by atoms with Gasteiger partial charge in [0.1, 0.15) is 31.8 Å². The van der Waals surface area contributed by atoms with E-state index in [1.54, 1.807) is 13.2 Å². The molecule has 0 saturated heterocycles. The van der Waals surface area contributed by atoms with Crippen molar-refractivity contribution in [2.24, 2.45) is 0 Å². The Morgan fingerprint density at radius 1 is 0.731 bits per heavy atom. The Morgan fingerprint density at radius 3 is 1.65 bits per heavy atom. The first-order valence-electron chi connectivity index (χ1n) is 7.89. The van der Waals surface area contributed by atoms with Crippen molar-refractivity contribution < 1.29 is 38.5 Å². The maximum atomic E-state index is 5.38. The molecule has 0 radical (unpaired) electrons. The summed E-state index contributed by atoms with van der Waals surface area (Å²) in [7, 11) is 3.11. The Bertz CT molecular complexity index is 295. The Balaban J connectivity index is -0.00000123. The Kier molecular flexibility index (Phi) is 34.5. The van der Waals surface area contributed by atoms with Gasteiger partial charge in [-0.1, -0.05) is 0 Å². The molecular formula is C18H34O8. The van der Waals surface area contributed by atoms with Crippen molar-refractivity contribution in [3.05, 3.63) is 51.2 Å². The summed E-state index contributed by atoms with van der Waals surface area (Å²) in [5, 5.41) is 0. The number of methoxy groups -OCH3 is 2. The number of ether oxygens (including phenoxy) is 4. The largest absolute Gasteiger partial charge is 0.501 e. The lowest BCUT2D eigenvalue weighted by Crippen LogP contribution is -2.26. The predicted octanol–water partition coefficient (Wildman–Crippen LogP) is 3.19. The third-order valence-electron chi connectivity index (χ3n) is 2.14. The van der Waals surface area contributed by atoms with Gasteiger partial charge in [-0.2, -0.15) is 9.78 Å². The van der Waals surface area contributed by atoms with E-state index in [2.05, 4.69) is 40.8 Å². The highest BCUT2D eigenvalue weighted by atomic mass is 17.2. The number of rotatable bonds is 16. The molecule has 0 aliphatic carbocycles. The minimum atomic E-state index is -0.161. The van der Waals surface area contributed by atoms with Gasteiger partial charge in [0.15, 0.2) is 6.26 Å². The molecule has 0 aliphatic rings. The summed E-state index contributed by atoms with van der Waals surface area (Å²) in [6.45, 7) is 16.0. The zero-order chi connectivity index (χ0) is 20.3. The first-order valence-corrected chi connectivity index (χ1v) is 7.89. The summed E-state index contributed by atoms with van der Waals surface area (Å²) < 4.78 is 20.6. The molecule has 0 aromatic rings. The Morgan fingerprint density at radius 2 is 1.23 bits per heavy atom. The van der Waals surface area contributed by atoms with Crippen molar-refractivity contribution in [1.82, 2.24) is 0 Å². The Labute approximate surface area is 157 Å². The lowest BCUT2D eigenvalue weighted by molar-refractivity contribution is -0.258. The van der Waals surface area contributed by atoms with E-state index in [0.29, 0.717) is 39.6 Å². The fourth-order valence-corrected chi connectivity index (χ4v) is 1.11. The van der Waals surface area contributed by atoms with E-state index in [1.165, 1.54) is 25.9 Å². The van der Waals surface area contributed by atoms with Crippen LogP contribution in [0.3, 0.4) is 0 Å². The van der Waals surface area contributed by atoms with E-state index in [-0.39, 0.29) is 6.10 Å². The van der Waals surface area contributed by atoms with Gasteiger partial charge in [0.2, 0.25) is 0 Å². The summed E-state index contributed by atoms with van der Waals surface area (Å²) in [5.41, 5.74) is 0. The van der Waals surface area contributed by atoms with Crippen LogP contribution in [0.4, 0.5) is 0 Å². The van der Waals surface area contributed by atoms with Gasteiger partial charge in [0, 0.05) is 7.11 Å². The molecule has 0 aromatic heterocycles. The quantitative estimate of drug-likeness (QED) is 0.133. The summed E-state index contributed by atoms with van der Waals surface area (Å²) in [4.78, 5) is 19.0. The summed E-state index contributed by atoms with van der Waals surface area (Å²) in [6, 6.07) is 0. The number of hydrogen-bond donors (Lipinski definition) is 0. The second-order valence-corrected chi connectivity index (χ2v) is 3.82. The normalized spacial score (nSPS) is 11.2. The van der Waals surface area contributed by atoms with E-state index in [0.717, 1.165) is 0 Å². The van der Waals surface area contributed by atoms with Crippen molar-refractivity contribution in [2.75, 3.05) is 53.9 Å². The van der Waals surface area contributed by atoms with Crippen LogP contribution in [0.5, 0.6) is 0 Å². The average Bonchev–Trinajstić information content (AvgIpc) is 2.70. The standard InChI is InChI=1S/C14H26O8.2C2H4/c1-4-5-19-21-10-7-17-12-14(16-3)13-18-8-11-22-20-9-6-15-2;2*1-2/h4-6,9,14H,7-8,10-13H2,1-3H3;2*1-2H2/b5-4+,9-6+;;. The fraction of sp³-hybridized carbons (Fsp3) is 0.556. The highest BCUT2D eigenvalue weighted by Crippen LogP contribution is 1.94. The molecule has 0 aliphatic heterocycles. The molecule has 154 valence electrons. The molecule has 1 atom stereocenters. The molecule has 0 aromatic carbocycles. The van der Waals surface area contributed by atoms with E-state index >= 15 is 0 Å². The van der Waals surface area contributed by atoms with Crippen molar-refractivity contribution in [2.45, 2.75) is 13.0 Å². The lowest BCUT2D eigenvalue weighted by Gasteiger charge is -2.15. The minimum Gasteiger partial charge on any atom is -0.501 e. The zero-order valence-electron chi connectivity index (χ0n) is 16.2. The molecular weight excluding hydrogens is 344 g/mol. The second-order valence-electron chi connectivity index (χ2n) is 3.82. The van der Waals surface area contributed by atoms with E-state index in [9.17, 15) is 0 Å². The van der Waals surface area contributed by atoms with Crippen LogP contribution in [-0.2, 0) is 38.5 Å². The molecule has 1 unspecified atom stereocenters. The molecule has 8 nitrogen and oxygen atoms in total. The van der Waals surface area contributed by atoms with Crippen LogP contribution >= 0.6 is 0 Å². The van der Waals surface area contributed by atoms with Gasteiger partial charge in [0.25, 0.3) is 0 Å². The topological polar surface area (TPSA) is 73.8 Å². The monoisotopic (exact) mass is 378 g/mol. The van der Waals surface area contributed by atoms with Crippen LogP contribution in [0, 0.1) is 0 Å². The molecule has 0 saturated carbocycles. The maximum absolute atomic E-state index is 5.38. The molecule has 0 bridgehead atoms. The van der Waals surface area contributed by atoms with Gasteiger partial charge in [-0.25, -0.2) is 0 Å². The molecule has 0 N–H and O–H groups in total. The molecule has 8 heteroatoms. The number of hydrogen-bond acceptors (Lipinski definition) is 8. The van der Waals surface area contributed by atoms with E-state index in [1.807, 2.05) is 6.92 Å². The molecule has 26 heavy (non-hydrogen) atoms. The summed E-state index contributed by atoms with van der Waals surface area (Å²) in [6.07, 6.45) is 5.65. The van der Waals surface area contributed by atoms with Crippen LogP contribution < -0.4 is 0 Å². The van der Waals surface area contributed by atoms with Crippen molar-refractivity contribution in [3.63, 3.8) is 0 Å². The van der Waals surface area contributed by atoms with Gasteiger partial charge in [-0.05, 0) is 13.0 Å². The lowest BCUT2D eigenvalue weighted by atomic mass is 10.4. The SMILES string of the molecule is C/C=C/OOCCOCC(COCCOO/C=C/OC)OC.C=C.C=C. The smallest absolute Gasteiger partial charge is 0.163 e. The first-order chi connectivity index (χ1) is 12.8. The predicted molar refractivity (Wildman–Crippen MR) is 100.0 cm³/mol. The number of allylic oxidation sites excluding steroid dienone is 1. The molecule has 0 spiro atoms. The summed E-state index contributed by atoms with van der Waals surface area (Å²) >= 11 is 0. The zero-order valence-corrected chi connectivity index (χ0v) is 16.2. The van der Waals surface area contributed by atoms with E-state index in [4.69, 9.17) is 24.0 Å². The molecule has 0 amide bonds. The highest BCUT2D eigenvalue weighted by molar-refractivity contribution is 4.62. The van der Waals surface area contributed by atoms with Crippen molar-refractivity contribution >= 4 is 0 Å². The van der Waals surface area contributed by atoms with Gasteiger partial charge in [0.05, 0.1) is 33.5 Å². The second kappa shape index (κ2) is 31.0. The van der Waals surface area contributed by atoms with Crippen molar-refractivity contribution in [3.8, 4) is 0 Å². The minimum absolute atomic E-state index is 0.161. The Hall–Kier alpha value is -1.84. The van der Waals surface area contributed by atoms with Crippen molar-refractivity contribution in [1.29, 1.82) is 0 Å². The summed E-state index contributed by atoms with van der Waals surface area (Å²) in [5.74, 6) is 0.